The smallest absolute Gasteiger partial charge is 0.238 e. The number of nitrogens with one attached hydrogen (secondary N) is 1. The molecule has 1 unspecified atom stereocenters. The van der Waals surface area contributed by atoms with E-state index in [9.17, 15) is 4.79 Å². The van der Waals surface area contributed by atoms with Crippen LogP contribution in [0, 0.1) is 5.41 Å². The van der Waals surface area contributed by atoms with E-state index in [2.05, 4.69) is 31.0 Å². The Morgan fingerprint density at radius 2 is 2.18 bits per heavy atom. The molecule has 1 rings (SSSR count). The first-order valence-corrected chi connectivity index (χ1v) is 6.56. The number of carbonyl (C=O) groups is 1. The van der Waals surface area contributed by atoms with Crippen LogP contribution in [0.4, 0.5) is 0 Å². The quantitative estimate of drug-likeness (QED) is 0.728. The molecule has 100 valence electrons. The van der Waals surface area contributed by atoms with Gasteiger partial charge in [0.05, 0.1) is 0 Å². The minimum Gasteiger partial charge on any atom is -0.368 e. The minimum absolute atomic E-state index is 0.254. The van der Waals surface area contributed by atoms with Gasteiger partial charge in [-0.3, -0.25) is 4.79 Å². The first-order chi connectivity index (χ1) is 7.79. The highest BCUT2D eigenvalue weighted by atomic mass is 16.1. The molecule has 1 atom stereocenters. The zero-order chi connectivity index (χ0) is 13.1. The van der Waals surface area contributed by atoms with E-state index in [1.54, 1.807) is 0 Å². The second-order valence-corrected chi connectivity index (χ2v) is 6.25. The van der Waals surface area contributed by atoms with Crippen LogP contribution in [-0.4, -0.2) is 42.5 Å². The van der Waals surface area contributed by atoms with Crippen molar-refractivity contribution in [2.75, 3.05) is 26.2 Å². The lowest BCUT2D eigenvalue weighted by atomic mass is 9.93. The van der Waals surface area contributed by atoms with Gasteiger partial charge in [-0.2, -0.15) is 0 Å². The van der Waals surface area contributed by atoms with Gasteiger partial charge in [0.25, 0.3) is 0 Å². The third-order valence-corrected chi connectivity index (χ3v) is 3.61. The Kier molecular flexibility index (Phi) is 4.55. The molecule has 0 aromatic rings. The van der Waals surface area contributed by atoms with Gasteiger partial charge in [0, 0.05) is 13.1 Å². The molecule has 4 nitrogen and oxygen atoms in total. The highest BCUT2D eigenvalue weighted by Crippen LogP contribution is 2.29. The zero-order valence-corrected chi connectivity index (χ0v) is 11.7. The van der Waals surface area contributed by atoms with E-state index in [0.29, 0.717) is 12.0 Å². The van der Waals surface area contributed by atoms with Gasteiger partial charge in [0.1, 0.15) is 5.54 Å². The monoisotopic (exact) mass is 241 g/mol. The predicted molar refractivity (Wildman–Crippen MR) is 70.7 cm³/mol. The Morgan fingerprint density at radius 1 is 1.53 bits per heavy atom. The second-order valence-electron chi connectivity index (χ2n) is 6.25. The fourth-order valence-electron chi connectivity index (χ4n) is 2.43. The maximum absolute atomic E-state index is 11.6. The summed E-state index contributed by atoms with van der Waals surface area (Å²) in [5, 5.41) is 3.28. The van der Waals surface area contributed by atoms with E-state index < -0.39 is 5.54 Å². The van der Waals surface area contributed by atoms with Crippen molar-refractivity contribution in [3.05, 3.63) is 0 Å². The molecule has 17 heavy (non-hydrogen) atoms. The number of rotatable bonds is 6. The summed E-state index contributed by atoms with van der Waals surface area (Å²) in [6.45, 7) is 12.2. The van der Waals surface area contributed by atoms with E-state index in [1.807, 2.05) is 6.92 Å². The molecule has 0 saturated carbocycles. The van der Waals surface area contributed by atoms with E-state index in [-0.39, 0.29) is 5.91 Å². The number of nitrogens with zero attached hydrogens (tertiary/aromatic N) is 1. The Hall–Kier alpha value is -0.610. The van der Waals surface area contributed by atoms with Crippen LogP contribution in [0.2, 0.25) is 0 Å². The Bertz CT molecular complexity index is 278. The molecular weight excluding hydrogens is 214 g/mol. The van der Waals surface area contributed by atoms with Crippen LogP contribution < -0.4 is 11.1 Å². The van der Waals surface area contributed by atoms with Crippen molar-refractivity contribution in [2.45, 2.75) is 46.1 Å². The largest absolute Gasteiger partial charge is 0.368 e. The standard InChI is InChI=1S/C13H27N3O/c1-5-7-15-13(4,11(14)17)10-16-8-6-12(2,3)9-16/h15H,5-10H2,1-4H3,(H2,14,17). The summed E-state index contributed by atoms with van der Waals surface area (Å²) < 4.78 is 0. The summed E-state index contributed by atoms with van der Waals surface area (Å²) in [4.78, 5) is 13.9. The molecule has 0 spiro atoms. The number of amides is 1. The maximum Gasteiger partial charge on any atom is 0.238 e. The molecular formula is C13H27N3O. The molecule has 1 aliphatic heterocycles. The Labute approximate surface area is 105 Å². The molecule has 0 bridgehead atoms. The Balaban J connectivity index is 2.58. The third-order valence-electron chi connectivity index (χ3n) is 3.61. The molecule has 3 N–H and O–H groups in total. The average Bonchev–Trinajstić information content (AvgIpc) is 2.54. The summed E-state index contributed by atoms with van der Waals surface area (Å²) >= 11 is 0. The average molecular weight is 241 g/mol. The summed E-state index contributed by atoms with van der Waals surface area (Å²) in [6, 6.07) is 0. The van der Waals surface area contributed by atoms with Gasteiger partial charge in [-0.25, -0.2) is 0 Å². The first kappa shape index (κ1) is 14.5. The lowest BCUT2D eigenvalue weighted by Gasteiger charge is -2.32. The third kappa shape index (κ3) is 3.96. The highest BCUT2D eigenvalue weighted by molar-refractivity contribution is 5.84. The van der Waals surface area contributed by atoms with Crippen LogP contribution in [0.15, 0.2) is 0 Å². The summed E-state index contributed by atoms with van der Waals surface area (Å²) in [5.41, 5.74) is 5.29. The summed E-state index contributed by atoms with van der Waals surface area (Å²) in [5.74, 6) is -0.254. The lowest BCUT2D eigenvalue weighted by Crippen LogP contribution is -2.59. The Morgan fingerprint density at radius 3 is 2.59 bits per heavy atom. The van der Waals surface area contributed by atoms with Crippen LogP contribution in [-0.2, 0) is 4.79 Å². The van der Waals surface area contributed by atoms with Crippen molar-refractivity contribution in [3.63, 3.8) is 0 Å². The number of nitrogens with two attached hydrogens (primary N) is 1. The molecule has 1 amide bonds. The van der Waals surface area contributed by atoms with Crippen molar-refractivity contribution >= 4 is 5.91 Å². The van der Waals surface area contributed by atoms with Crippen LogP contribution in [0.5, 0.6) is 0 Å². The number of hydrogen-bond donors (Lipinski definition) is 2. The molecule has 1 heterocycles. The van der Waals surface area contributed by atoms with Crippen molar-refractivity contribution in [2.24, 2.45) is 11.1 Å². The van der Waals surface area contributed by atoms with E-state index >= 15 is 0 Å². The van der Waals surface area contributed by atoms with E-state index in [4.69, 9.17) is 5.73 Å². The van der Waals surface area contributed by atoms with Crippen molar-refractivity contribution in [3.8, 4) is 0 Å². The van der Waals surface area contributed by atoms with E-state index in [0.717, 1.165) is 26.1 Å². The van der Waals surface area contributed by atoms with Gasteiger partial charge in [-0.1, -0.05) is 20.8 Å². The molecule has 4 heteroatoms. The van der Waals surface area contributed by atoms with Gasteiger partial charge in [0.15, 0.2) is 0 Å². The normalized spacial score (nSPS) is 23.5. The van der Waals surface area contributed by atoms with E-state index in [1.165, 1.54) is 6.42 Å². The van der Waals surface area contributed by atoms with Gasteiger partial charge < -0.3 is 16.0 Å². The number of hydrogen-bond acceptors (Lipinski definition) is 3. The zero-order valence-electron chi connectivity index (χ0n) is 11.7. The molecule has 1 fully saturated rings. The lowest BCUT2D eigenvalue weighted by molar-refractivity contribution is -0.124. The van der Waals surface area contributed by atoms with Crippen molar-refractivity contribution < 1.29 is 4.79 Å². The number of primary amides is 1. The number of likely N-dealkylation sites (tertiary alicyclic amines) is 1. The van der Waals surface area contributed by atoms with Crippen LogP contribution in [0.3, 0.4) is 0 Å². The molecule has 0 aliphatic carbocycles. The molecule has 1 saturated heterocycles. The predicted octanol–water partition coefficient (Wildman–Crippen LogP) is 0.962. The SMILES string of the molecule is CCCNC(C)(CN1CCC(C)(C)C1)C(N)=O. The fourth-order valence-corrected chi connectivity index (χ4v) is 2.43. The summed E-state index contributed by atoms with van der Waals surface area (Å²) in [7, 11) is 0. The van der Waals surface area contributed by atoms with Gasteiger partial charge in [-0.15, -0.1) is 0 Å². The van der Waals surface area contributed by atoms with Crippen molar-refractivity contribution in [1.82, 2.24) is 10.2 Å². The fraction of sp³-hybridized carbons (Fsp3) is 0.923. The molecule has 0 aromatic heterocycles. The molecule has 0 aromatic carbocycles. The van der Waals surface area contributed by atoms with Gasteiger partial charge in [-0.05, 0) is 38.3 Å². The van der Waals surface area contributed by atoms with Crippen LogP contribution in [0.25, 0.3) is 0 Å². The van der Waals surface area contributed by atoms with Crippen molar-refractivity contribution in [1.29, 1.82) is 0 Å². The molecule has 1 aliphatic rings. The van der Waals surface area contributed by atoms with Crippen LogP contribution >= 0.6 is 0 Å². The maximum atomic E-state index is 11.6. The topological polar surface area (TPSA) is 58.4 Å². The second kappa shape index (κ2) is 5.36. The minimum atomic E-state index is -0.601. The summed E-state index contributed by atoms with van der Waals surface area (Å²) in [6.07, 6.45) is 2.20. The first-order valence-electron chi connectivity index (χ1n) is 6.56. The van der Waals surface area contributed by atoms with Crippen LogP contribution in [0.1, 0.15) is 40.5 Å². The number of carbonyl (C=O) groups excluding carboxylic acids is 1. The van der Waals surface area contributed by atoms with Gasteiger partial charge >= 0.3 is 0 Å². The highest BCUT2D eigenvalue weighted by Gasteiger charge is 2.37. The van der Waals surface area contributed by atoms with Gasteiger partial charge in [0.2, 0.25) is 5.91 Å². The molecule has 0 radical (unpaired) electrons.